The molecule has 5 rings (SSSR count). The van der Waals surface area contributed by atoms with Gasteiger partial charge in [-0.1, -0.05) is 12.1 Å². The summed E-state index contributed by atoms with van der Waals surface area (Å²) in [5, 5.41) is 9.12. The fraction of sp³-hybridized carbons (Fsp3) is 0.269. The van der Waals surface area contributed by atoms with Crippen molar-refractivity contribution < 1.29 is 14.6 Å². The zero-order valence-corrected chi connectivity index (χ0v) is 18.5. The van der Waals surface area contributed by atoms with E-state index in [1.54, 1.807) is 24.3 Å². The maximum Gasteiger partial charge on any atom is 0.335 e. The van der Waals surface area contributed by atoms with Crippen molar-refractivity contribution >= 4 is 22.8 Å². The number of aromatic nitrogens is 3. The number of pyridine rings is 1. The predicted octanol–water partition coefficient (Wildman–Crippen LogP) is 4.93. The quantitative estimate of drug-likeness (QED) is 0.440. The first-order chi connectivity index (χ1) is 16.0. The standard InChI is InChI=1S/C26H26N4O3/c1-17-5-7-22-23(13-17)29-25(28-22)20-6-8-24(27-15-20)30-11-9-18(10-12-30)16-33-21-4-2-3-19(14-21)26(31)32/h2-8,13-15,18H,9-12,16H2,1H3,(H,28,29)(H,31,32). The molecule has 168 valence electrons. The maximum absolute atomic E-state index is 11.1. The van der Waals surface area contributed by atoms with E-state index in [0.717, 1.165) is 54.2 Å². The molecule has 0 amide bonds. The number of aromatic amines is 1. The number of benzene rings is 2. The van der Waals surface area contributed by atoms with Gasteiger partial charge in [-0.05, 0) is 73.7 Å². The Labute approximate surface area is 192 Å². The summed E-state index contributed by atoms with van der Waals surface area (Å²) in [6.07, 6.45) is 3.89. The van der Waals surface area contributed by atoms with Crippen molar-refractivity contribution in [1.29, 1.82) is 0 Å². The molecule has 7 heteroatoms. The summed E-state index contributed by atoms with van der Waals surface area (Å²) in [7, 11) is 0. The maximum atomic E-state index is 11.1. The molecule has 1 aliphatic rings. The molecule has 0 bridgehead atoms. The van der Waals surface area contributed by atoms with E-state index >= 15 is 0 Å². The number of carbonyl (C=O) groups is 1. The molecular formula is C26H26N4O3. The highest BCUT2D eigenvalue weighted by Crippen LogP contribution is 2.26. The Kier molecular flexibility index (Phi) is 5.69. The van der Waals surface area contributed by atoms with Crippen molar-refractivity contribution in [2.45, 2.75) is 19.8 Å². The first-order valence-corrected chi connectivity index (χ1v) is 11.2. The number of aromatic carboxylic acids is 1. The number of anilines is 1. The molecule has 0 saturated carbocycles. The zero-order valence-electron chi connectivity index (χ0n) is 18.5. The minimum absolute atomic E-state index is 0.245. The van der Waals surface area contributed by atoms with Crippen molar-refractivity contribution in [3.63, 3.8) is 0 Å². The highest BCUT2D eigenvalue weighted by atomic mass is 16.5. The molecule has 2 N–H and O–H groups in total. The lowest BCUT2D eigenvalue weighted by Gasteiger charge is -2.32. The fourth-order valence-electron chi connectivity index (χ4n) is 4.24. The molecule has 33 heavy (non-hydrogen) atoms. The van der Waals surface area contributed by atoms with Crippen LogP contribution in [0, 0.1) is 12.8 Å². The van der Waals surface area contributed by atoms with Gasteiger partial charge in [0, 0.05) is 24.8 Å². The van der Waals surface area contributed by atoms with Crippen molar-refractivity contribution in [3.05, 3.63) is 71.9 Å². The minimum Gasteiger partial charge on any atom is -0.493 e. The zero-order chi connectivity index (χ0) is 22.8. The van der Waals surface area contributed by atoms with Gasteiger partial charge in [-0.25, -0.2) is 14.8 Å². The smallest absolute Gasteiger partial charge is 0.335 e. The summed E-state index contributed by atoms with van der Waals surface area (Å²) in [5.74, 6) is 1.91. The van der Waals surface area contributed by atoms with Gasteiger partial charge < -0.3 is 19.7 Å². The molecule has 0 radical (unpaired) electrons. The van der Waals surface area contributed by atoms with E-state index in [4.69, 9.17) is 14.8 Å². The summed E-state index contributed by atoms with van der Waals surface area (Å²) in [4.78, 5) is 26.2. The van der Waals surface area contributed by atoms with Gasteiger partial charge in [0.2, 0.25) is 0 Å². The summed E-state index contributed by atoms with van der Waals surface area (Å²) in [6, 6.07) is 17.0. The number of fused-ring (bicyclic) bond motifs is 1. The second kappa shape index (κ2) is 8.94. The number of hydrogen-bond acceptors (Lipinski definition) is 5. The lowest BCUT2D eigenvalue weighted by Crippen LogP contribution is -2.36. The number of ether oxygens (including phenoxy) is 1. The van der Waals surface area contributed by atoms with Crippen molar-refractivity contribution in [2.24, 2.45) is 5.92 Å². The van der Waals surface area contributed by atoms with Gasteiger partial charge in [0.05, 0.1) is 23.2 Å². The van der Waals surface area contributed by atoms with Gasteiger partial charge in [-0.15, -0.1) is 0 Å². The first-order valence-electron chi connectivity index (χ1n) is 11.2. The van der Waals surface area contributed by atoms with E-state index in [9.17, 15) is 4.79 Å². The number of H-pyrrole nitrogens is 1. The lowest BCUT2D eigenvalue weighted by molar-refractivity contribution is 0.0696. The van der Waals surface area contributed by atoms with E-state index in [0.29, 0.717) is 18.3 Å². The number of nitrogens with one attached hydrogen (secondary N) is 1. The molecule has 0 aliphatic carbocycles. The Bertz CT molecular complexity index is 1270. The van der Waals surface area contributed by atoms with E-state index in [1.165, 1.54) is 5.56 Å². The average Bonchev–Trinajstić information content (AvgIpc) is 3.26. The van der Waals surface area contributed by atoms with Crippen LogP contribution in [0.2, 0.25) is 0 Å². The predicted molar refractivity (Wildman–Crippen MR) is 128 cm³/mol. The van der Waals surface area contributed by atoms with Crippen LogP contribution in [0.5, 0.6) is 5.75 Å². The van der Waals surface area contributed by atoms with Crippen molar-refractivity contribution in [3.8, 4) is 17.1 Å². The van der Waals surface area contributed by atoms with Crippen LogP contribution in [-0.2, 0) is 0 Å². The molecule has 0 unspecified atom stereocenters. The number of hydrogen-bond donors (Lipinski definition) is 2. The molecule has 1 aliphatic heterocycles. The first kappa shape index (κ1) is 21.0. The number of imidazole rings is 1. The SMILES string of the molecule is Cc1ccc2nc(-c3ccc(N4CCC(COc5cccc(C(=O)O)c5)CC4)nc3)[nH]c2c1. The largest absolute Gasteiger partial charge is 0.493 e. The van der Waals surface area contributed by atoms with Gasteiger partial charge in [0.15, 0.2) is 0 Å². The van der Waals surface area contributed by atoms with Crippen molar-refractivity contribution in [2.75, 3.05) is 24.6 Å². The third kappa shape index (κ3) is 4.67. The Morgan fingerprint density at radius 1 is 1.15 bits per heavy atom. The normalized spacial score (nSPS) is 14.5. The molecule has 0 spiro atoms. The molecule has 0 atom stereocenters. The summed E-state index contributed by atoms with van der Waals surface area (Å²) in [5.41, 5.74) is 4.41. The highest BCUT2D eigenvalue weighted by Gasteiger charge is 2.21. The van der Waals surface area contributed by atoms with E-state index in [2.05, 4.69) is 46.1 Å². The summed E-state index contributed by atoms with van der Waals surface area (Å²) < 4.78 is 5.87. The monoisotopic (exact) mass is 442 g/mol. The molecule has 2 aromatic heterocycles. The van der Waals surface area contributed by atoms with E-state index in [-0.39, 0.29) is 5.56 Å². The van der Waals surface area contributed by atoms with Gasteiger partial charge in [-0.3, -0.25) is 0 Å². The minimum atomic E-state index is -0.942. The second-order valence-electron chi connectivity index (χ2n) is 8.59. The molecule has 4 aromatic rings. The third-order valence-corrected chi connectivity index (χ3v) is 6.16. The topological polar surface area (TPSA) is 91.3 Å². The van der Waals surface area contributed by atoms with Gasteiger partial charge >= 0.3 is 5.97 Å². The Morgan fingerprint density at radius 3 is 2.76 bits per heavy atom. The molecule has 1 fully saturated rings. The highest BCUT2D eigenvalue weighted by molar-refractivity contribution is 5.88. The van der Waals surface area contributed by atoms with Gasteiger partial charge in [0.1, 0.15) is 17.4 Å². The van der Waals surface area contributed by atoms with Crippen LogP contribution in [0.4, 0.5) is 5.82 Å². The molecular weight excluding hydrogens is 416 g/mol. The molecule has 1 saturated heterocycles. The molecule has 2 aromatic carbocycles. The van der Waals surface area contributed by atoms with Crippen LogP contribution >= 0.6 is 0 Å². The number of rotatable bonds is 6. The van der Waals surface area contributed by atoms with Crippen LogP contribution in [0.3, 0.4) is 0 Å². The third-order valence-electron chi connectivity index (χ3n) is 6.16. The molecule has 7 nitrogen and oxygen atoms in total. The van der Waals surface area contributed by atoms with Crippen LogP contribution in [0.15, 0.2) is 60.8 Å². The van der Waals surface area contributed by atoms with Gasteiger partial charge in [-0.2, -0.15) is 0 Å². The number of aryl methyl sites for hydroxylation is 1. The van der Waals surface area contributed by atoms with Crippen LogP contribution in [-0.4, -0.2) is 45.7 Å². The summed E-state index contributed by atoms with van der Waals surface area (Å²) in [6.45, 7) is 4.50. The Balaban J connectivity index is 1.17. The van der Waals surface area contributed by atoms with Crippen LogP contribution in [0.25, 0.3) is 22.4 Å². The van der Waals surface area contributed by atoms with E-state index < -0.39 is 5.97 Å². The van der Waals surface area contributed by atoms with Crippen LogP contribution in [0.1, 0.15) is 28.8 Å². The number of carboxylic acid groups (broad SMARTS) is 1. The lowest BCUT2D eigenvalue weighted by atomic mass is 9.98. The number of carboxylic acids is 1. The Hall–Kier alpha value is -3.87. The fourth-order valence-corrected chi connectivity index (χ4v) is 4.24. The number of nitrogens with zero attached hydrogens (tertiary/aromatic N) is 3. The molecule has 3 heterocycles. The van der Waals surface area contributed by atoms with Crippen molar-refractivity contribution in [1.82, 2.24) is 15.0 Å². The van der Waals surface area contributed by atoms with Gasteiger partial charge in [0.25, 0.3) is 0 Å². The van der Waals surface area contributed by atoms with Crippen LogP contribution < -0.4 is 9.64 Å². The number of piperidine rings is 1. The average molecular weight is 443 g/mol. The Morgan fingerprint density at radius 2 is 2.00 bits per heavy atom. The summed E-state index contributed by atoms with van der Waals surface area (Å²) >= 11 is 0. The second-order valence-corrected chi connectivity index (χ2v) is 8.59. The van der Waals surface area contributed by atoms with E-state index in [1.807, 2.05) is 12.3 Å².